The second kappa shape index (κ2) is 18.7. The van der Waals surface area contributed by atoms with E-state index in [0.717, 1.165) is 0 Å². The average Bonchev–Trinajstić information content (AvgIpc) is 2.68. The number of benzene rings is 1. The van der Waals surface area contributed by atoms with Crippen molar-refractivity contribution in [2.75, 3.05) is 0 Å². The van der Waals surface area contributed by atoms with E-state index < -0.39 is 0 Å². The summed E-state index contributed by atoms with van der Waals surface area (Å²) in [6.45, 7) is 2.30. The van der Waals surface area contributed by atoms with Crippen molar-refractivity contribution >= 4 is 6.08 Å². The van der Waals surface area contributed by atoms with Crippen LogP contribution in [0.4, 0.5) is 0 Å². The summed E-state index contributed by atoms with van der Waals surface area (Å²) in [4.78, 5) is 0. The van der Waals surface area contributed by atoms with Crippen LogP contribution in [0.2, 0.25) is 0 Å². The molecular weight excluding hydrogens is 312 g/mol. The summed E-state index contributed by atoms with van der Waals surface area (Å²) in [5, 5.41) is 0. The smallest absolute Gasteiger partial charge is 0.0260 e. The molecular formula is C26H44. The third-order valence-corrected chi connectivity index (χ3v) is 5.33. The van der Waals surface area contributed by atoms with Crippen LogP contribution in [0.1, 0.15) is 122 Å². The lowest BCUT2D eigenvalue weighted by Crippen LogP contribution is -1.83. The second-order valence-corrected chi connectivity index (χ2v) is 7.91. The Hall–Kier alpha value is -1.04. The van der Waals surface area contributed by atoms with Crippen LogP contribution in [0.25, 0.3) is 6.08 Å². The first-order valence-electron chi connectivity index (χ1n) is 11.6. The van der Waals surface area contributed by atoms with Gasteiger partial charge in [-0.2, -0.15) is 0 Å². The zero-order chi connectivity index (χ0) is 18.5. The molecule has 0 saturated heterocycles. The van der Waals surface area contributed by atoms with Gasteiger partial charge in [-0.3, -0.25) is 0 Å². The van der Waals surface area contributed by atoms with Crippen LogP contribution in [0, 0.1) is 0 Å². The first kappa shape index (κ1) is 23.0. The molecule has 0 radical (unpaired) electrons. The lowest BCUT2D eigenvalue weighted by Gasteiger charge is -2.03. The summed E-state index contributed by atoms with van der Waals surface area (Å²) in [6.07, 6.45) is 28.9. The predicted octanol–water partition coefficient (Wildman–Crippen LogP) is 9.35. The number of allylic oxidation sites excluding steroid dienone is 1. The van der Waals surface area contributed by atoms with E-state index in [0.29, 0.717) is 0 Å². The number of unbranched alkanes of at least 4 members (excludes halogenated alkanes) is 16. The quantitative estimate of drug-likeness (QED) is 0.230. The Morgan fingerprint density at radius 3 is 1.42 bits per heavy atom. The number of rotatable bonds is 18. The van der Waals surface area contributed by atoms with Crippen LogP contribution < -0.4 is 0 Å². The van der Waals surface area contributed by atoms with Crippen LogP contribution in [0.5, 0.6) is 0 Å². The number of hydrogen-bond acceptors (Lipinski definition) is 0. The summed E-state index contributed by atoms with van der Waals surface area (Å²) in [6, 6.07) is 10.6. The van der Waals surface area contributed by atoms with Gasteiger partial charge in [-0.15, -0.1) is 0 Å². The van der Waals surface area contributed by atoms with Crippen molar-refractivity contribution in [3.05, 3.63) is 42.0 Å². The molecule has 0 saturated carbocycles. The third-order valence-electron chi connectivity index (χ3n) is 5.33. The fourth-order valence-electron chi connectivity index (χ4n) is 3.59. The molecule has 0 bridgehead atoms. The van der Waals surface area contributed by atoms with Crippen molar-refractivity contribution in [3.63, 3.8) is 0 Å². The van der Waals surface area contributed by atoms with E-state index in [1.165, 1.54) is 115 Å². The lowest BCUT2D eigenvalue weighted by atomic mass is 10.0. The molecule has 0 heteroatoms. The molecule has 0 nitrogen and oxygen atoms in total. The molecule has 0 atom stereocenters. The summed E-state index contributed by atoms with van der Waals surface area (Å²) in [7, 11) is 0. The van der Waals surface area contributed by atoms with Crippen molar-refractivity contribution in [3.8, 4) is 0 Å². The Bertz CT molecular complexity index is 403. The van der Waals surface area contributed by atoms with Crippen LogP contribution in [-0.4, -0.2) is 0 Å². The van der Waals surface area contributed by atoms with Gasteiger partial charge in [0, 0.05) is 0 Å². The highest BCUT2D eigenvalue weighted by atomic mass is 14.0. The molecule has 0 fully saturated rings. The van der Waals surface area contributed by atoms with Gasteiger partial charge in [-0.25, -0.2) is 0 Å². The van der Waals surface area contributed by atoms with E-state index in [4.69, 9.17) is 0 Å². The van der Waals surface area contributed by atoms with Gasteiger partial charge in [0.1, 0.15) is 0 Å². The van der Waals surface area contributed by atoms with Gasteiger partial charge in [-0.05, 0) is 18.4 Å². The fourth-order valence-corrected chi connectivity index (χ4v) is 3.59. The van der Waals surface area contributed by atoms with Crippen LogP contribution in [0.3, 0.4) is 0 Å². The van der Waals surface area contributed by atoms with Crippen molar-refractivity contribution in [2.45, 2.75) is 116 Å². The third kappa shape index (κ3) is 15.2. The van der Waals surface area contributed by atoms with E-state index in [-0.39, 0.29) is 0 Å². The van der Waals surface area contributed by atoms with Crippen LogP contribution >= 0.6 is 0 Å². The summed E-state index contributed by atoms with van der Waals surface area (Å²) in [5.41, 5.74) is 1.32. The molecule has 0 unspecified atom stereocenters. The molecule has 1 aromatic carbocycles. The van der Waals surface area contributed by atoms with Crippen molar-refractivity contribution in [1.82, 2.24) is 0 Å². The summed E-state index contributed by atoms with van der Waals surface area (Å²) < 4.78 is 0. The normalized spacial score (nSPS) is 11.4. The largest absolute Gasteiger partial charge is 0.0839 e. The maximum Gasteiger partial charge on any atom is -0.0260 e. The molecule has 0 aromatic heterocycles. The minimum atomic E-state index is 1.23. The highest BCUT2D eigenvalue weighted by Crippen LogP contribution is 2.14. The van der Waals surface area contributed by atoms with Crippen molar-refractivity contribution in [2.24, 2.45) is 0 Å². The van der Waals surface area contributed by atoms with Crippen LogP contribution in [-0.2, 0) is 0 Å². The highest BCUT2D eigenvalue weighted by molar-refractivity contribution is 5.48. The molecule has 0 N–H and O–H groups in total. The SMILES string of the molecule is CCCCCCCCCCCCCCCCCCC=Cc1ccccc1. The first-order chi connectivity index (χ1) is 12.9. The Labute approximate surface area is 164 Å². The monoisotopic (exact) mass is 356 g/mol. The molecule has 0 aliphatic rings. The topological polar surface area (TPSA) is 0 Å². The fraction of sp³-hybridized carbons (Fsp3) is 0.692. The zero-order valence-electron chi connectivity index (χ0n) is 17.6. The maximum atomic E-state index is 2.33. The van der Waals surface area contributed by atoms with Gasteiger partial charge in [0.2, 0.25) is 0 Å². The molecule has 0 aliphatic carbocycles. The first-order valence-corrected chi connectivity index (χ1v) is 11.6. The summed E-state index contributed by atoms with van der Waals surface area (Å²) >= 11 is 0. The Balaban J connectivity index is 1.73. The highest BCUT2D eigenvalue weighted by Gasteiger charge is 1.94. The lowest BCUT2D eigenvalue weighted by molar-refractivity contribution is 0.530. The Kier molecular flexibility index (Phi) is 16.6. The van der Waals surface area contributed by atoms with E-state index >= 15 is 0 Å². The predicted molar refractivity (Wildman–Crippen MR) is 120 cm³/mol. The molecule has 0 spiro atoms. The van der Waals surface area contributed by atoms with E-state index in [2.05, 4.69) is 49.4 Å². The van der Waals surface area contributed by atoms with E-state index in [1.807, 2.05) is 0 Å². The van der Waals surface area contributed by atoms with Gasteiger partial charge in [0.15, 0.2) is 0 Å². The van der Waals surface area contributed by atoms with Gasteiger partial charge in [0.05, 0.1) is 0 Å². The molecule has 0 aliphatic heterocycles. The van der Waals surface area contributed by atoms with Gasteiger partial charge >= 0.3 is 0 Å². The van der Waals surface area contributed by atoms with Gasteiger partial charge in [0.25, 0.3) is 0 Å². The molecule has 26 heavy (non-hydrogen) atoms. The van der Waals surface area contributed by atoms with Crippen molar-refractivity contribution < 1.29 is 0 Å². The zero-order valence-corrected chi connectivity index (χ0v) is 17.6. The molecule has 0 heterocycles. The van der Waals surface area contributed by atoms with E-state index in [1.54, 1.807) is 0 Å². The van der Waals surface area contributed by atoms with Gasteiger partial charge in [-0.1, -0.05) is 146 Å². The second-order valence-electron chi connectivity index (χ2n) is 7.91. The molecule has 1 rings (SSSR count). The minimum absolute atomic E-state index is 1.23. The Morgan fingerprint density at radius 2 is 0.962 bits per heavy atom. The molecule has 1 aromatic rings. The van der Waals surface area contributed by atoms with Gasteiger partial charge < -0.3 is 0 Å². The van der Waals surface area contributed by atoms with Crippen molar-refractivity contribution in [1.29, 1.82) is 0 Å². The van der Waals surface area contributed by atoms with Crippen LogP contribution in [0.15, 0.2) is 36.4 Å². The Morgan fingerprint density at radius 1 is 0.538 bits per heavy atom. The molecule has 148 valence electrons. The van der Waals surface area contributed by atoms with E-state index in [9.17, 15) is 0 Å². The molecule has 0 amide bonds. The standard InChI is InChI=1S/C26H44/c1-2-3-4-5-6-7-8-9-10-11-12-13-14-15-16-17-18-20-23-26-24-21-19-22-25-26/h19-25H,2-18H2,1H3. The summed E-state index contributed by atoms with van der Waals surface area (Å²) in [5.74, 6) is 0. The average molecular weight is 357 g/mol. The maximum absolute atomic E-state index is 2.33. The minimum Gasteiger partial charge on any atom is -0.0839 e. The number of hydrogen-bond donors (Lipinski definition) is 0.